The van der Waals surface area contributed by atoms with Crippen molar-refractivity contribution in [2.75, 3.05) is 6.61 Å². The van der Waals surface area contributed by atoms with Crippen molar-refractivity contribution in [1.82, 2.24) is 0 Å². The van der Waals surface area contributed by atoms with Crippen LogP contribution < -0.4 is 0 Å². The summed E-state index contributed by atoms with van der Waals surface area (Å²) in [6.45, 7) is 5.87. The van der Waals surface area contributed by atoms with E-state index in [0.717, 1.165) is 5.56 Å². The van der Waals surface area contributed by atoms with Gasteiger partial charge in [-0.2, -0.15) is 4.40 Å². The summed E-state index contributed by atoms with van der Waals surface area (Å²) >= 11 is 0. The standard InChI is InChI=1S/C19H27F2NO3S/c1-18(2,3)26(23)22-14-19(20,21)11-16-9-10-17(13-25-16)24-12-15-7-5-4-6-8-15/h4-8,14,16-17H,9-13H2,1-3H3/b22-14+/t16-,17+,26?/m1/s1. The zero-order valence-electron chi connectivity index (χ0n) is 15.5. The van der Waals surface area contributed by atoms with Gasteiger partial charge in [0.05, 0.1) is 36.4 Å². The molecule has 3 atom stereocenters. The van der Waals surface area contributed by atoms with Crippen molar-refractivity contribution >= 4 is 17.2 Å². The lowest BCUT2D eigenvalue weighted by Gasteiger charge is -2.30. The maximum absolute atomic E-state index is 14.0. The number of halogens is 2. The van der Waals surface area contributed by atoms with Gasteiger partial charge in [-0.1, -0.05) is 30.3 Å². The van der Waals surface area contributed by atoms with E-state index < -0.39 is 34.2 Å². The van der Waals surface area contributed by atoms with Crippen LogP contribution in [0.3, 0.4) is 0 Å². The summed E-state index contributed by atoms with van der Waals surface area (Å²) in [4.78, 5) is 0. The molecule has 1 saturated heterocycles. The number of hydrogen-bond acceptors (Lipinski definition) is 3. The molecule has 0 amide bonds. The molecular formula is C19H27F2NO3S. The largest absolute Gasteiger partial charge is 0.375 e. The third kappa shape index (κ3) is 7.21. The number of benzene rings is 1. The summed E-state index contributed by atoms with van der Waals surface area (Å²) in [5, 5.41) is 0. The predicted molar refractivity (Wildman–Crippen MR) is 99.9 cm³/mol. The first-order valence-electron chi connectivity index (χ1n) is 8.78. The number of rotatable bonds is 7. The molecule has 1 aliphatic heterocycles. The Bertz CT molecular complexity index is 609. The van der Waals surface area contributed by atoms with Crippen LogP contribution in [0.4, 0.5) is 8.78 Å². The summed E-state index contributed by atoms with van der Waals surface area (Å²) in [6.07, 6.45) is 0.612. The minimum absolute atomic E-state index is 0.0814. The van der Waals surface area contributed by atoms with Crippen molar-refractivity contribution in [1.29, 1.82) is 0 Å². The maximum atomic E-state index is 14.0. The van der Waals surface area contributed by atoms with Gasteiger partial charge in [-0.25, -0.2) is 13.0 Å². The van der Waals surface area contributed by atoms with Gasteiger partial charge in [0.2, 0.25) is 0 Å². The summed E-state index contributed by atoms with van der Waals surface area (Å²) < 4.78 is 54.0. The number of hydrogen-bond donors (Lipinski definition) is 0. The SMILES string of the molecule is CC(C)(C)S(=O)/N=C/C(F)(F)C[C@H]1CC[C@H](OCc2ccccc2)CO1. The van der Waals surface area contributed by atoms with Gasteiger partial charge in [0.15, 0.2) is 0 Å². The van der Waals surface area contributed by atoms with Crippen molar-refractivity contribution < 1.29 is 22.5 Å². The molecular weight excluding hydrogens is 360 g/mol. The molecule has 1 heterocycles. The zero-order valence-corrected chi connectivity index (χ0v) is 16.3. The Hall–Kier alpha value is -1.18. The van der Waals surface area contributed by atoms with Crippen molar-refractivity contribution in [3.8, 4) is 0 Å². The number of ether oxygens (including phenoxy) is 2. The molecule has 1 aromatic rings. The molecule has 4 nitrogen and oxygen atoms in total. The van der Waals surface area contributed by atoms with Gasteiger partial charge in [-0.3, -0.25) is 0 Å². The van der Waals surface area contributed by atoms with Crippen molar-refractivity contribution in [2.24, 2.45) is 4.40 Å². The Balaban J connectivity index is 1.75. The summed E-state index contributed by atoms with van der Waals surface area (Å²) in [5.41, 5.74) is 1.07. The molecule has 0 aliphatic carbocycles. The molecule has 0 aromatic heterocycles. The molecule has 0 saturated carbocycles. The smallest absolute Gasteiger partial charge is 0.286 e. The third-order valence-electron chi connectivity index (χ3n) is 4.02. The van der Waals surface area contributed by atoms with Gasteiger partial charge >= 0.3 is 0 Å². The molecule has 1 fully saturated rings. The van der Waals surface area contributed by atoms with Crippen LogP contribution in [0, 0.1) is 0 Å². The van der Waals surface area contributed by atoms with Crippen LogP contribution in [0.15, 0.2) is 34.7 Å². The molecule has 26 heavy (non-hydrogen) atoms. The second kappa shape index (κ2) is 9.15. The average Bonchev–Trinajstić information content (AvgIpc) is 2.59. The van der Waals surface area contributed by atoms with E-state index >= 15 is 0 Å². The Kier molecular flexibility index (Phi) is 7.43. The van der Waals surface area contributed by atoms with Crippen LogP contribution >= 0.6 is 0 Å². The molecule has 1 aliphatic rings. The lowest BCUT2D eigenvalue weighted by atomic mass is 10.0. The number of alkyl halides is 2. The molecule has 1 unspecified atom stereocenters. The van der Waals surface area contributed by atoms with E-state index in [2.05, 4.69) is 4.40 Å². The van der Waals surface area contributed by atoms with Gasteiger partial charge in [-0.05, 0) is 39.2 Å². The van der Waals surface area contributed by atoms with Gasteiger partial charge in [0, 0.05) is 6.42 Å². The summed E-state index contributed by atoms with van der Waals surface area (Å²) in [6, 6.07) is 9.80. The van der Waals surface area contributed by atoms with Crippen LogP contribution in [0.2, 0.25) is 0 Å². The first kappa shape index (κ1) is 21.1. The van der Waals surface area contributed by atoms with Gasteiger partial charge in [0.1, 0.15) is 11.0 Å². The van der Waals surface area contributed by atoms with Crippen LogP contribution in [0.1, 0.15) is 45.6 Å². The predicted octanol–water partition coefficient (Wildman–Crippen LogP) is 4.31. The second-order valence-electron chi connectivity index (χ2n) is 7.51. The molecule has 0 N–H and O–H groups in total. The van der Waals surface area contributed by atoms with Crippen LogP contribution in [-0.4, -0.2) is 39.9 Å². The van der Waals surface area contributed by atoms with Crippen molar-refractivity contribution in [3.05, 3.63) is 35.9 Å². The fourth-order valence-corrected chi connectivity index (χ4v) is 3.07. The van der Waals surface area contributed by atoms with Gasteiger partial charge in [0.25, 0.3) is 5.92 Å². The number of nitrogens with zero attached hydrogens (tertiary/aromatic N) is 1. The van der Waals surface area contributed by atoms with Crippen LogP contribution in [0.5, 0.6) is 0 Å². The molecule has 0 radical (unpaired) electrons. The summed E-state index contributed by atoms with van der Waals surface area (Å²) in [7, 11) is -1.69. The van der Waals surface area contributed by atoms with Crippen LogP contribution in [0.25, 0.3) is 0 Å². The zero-order chi connectivity index (χ0) is 19.2. The van der Waals surface area contributed by atoms with Crippen molar-refractivity contribution in [2.45, 2.75) is 69.5 Å². The van der Waals surface area contributed by atoms with E-state index in [1.54, 1.807) is 20.8 Å². The second-order valence-corrected chi connectivity index (χ2v) is 9.45. The maximum Gasteiger partial charge on any atom is 0.286 e. The summed E-state index contributed by atoms with van der Waals surface area (Å²) in [5.74, 6) is -3.14. The molecule has 146 valence electrons. The van der Waals surface area contributed by atoms with E-state index in [0.29, 0.717) is 32.3 Å². The van der Waals surface area contributed by atoms with E-state index in [9.17, 15) is 13.0 Å². The van der Waals surface area contributed by atoms with E-state index in [4.69, 9.17) is 9.47 Å². The van der Waals surface area contributed by atoms with E-state index in [-0.39, 0.29) is 6.10 Å². The highest BCUT2D eigenvalue weighted by molar-refractivity contribution is 7.85. The molecule has 7 heteroatoms. The fourth-order valence-electron chi connectivity index (χ4n) is 2.50. The monoisotopic (exact) mass is 387 g/mol. The lowest BCUT2D eigenvalue weighted by Crippen LogP contribution is -2.36. The topological polar surface area (TPSA) is 47.9 Å². The fraction of sp³-hybridized carbons (Fsp3) is 0.632. The molecule has 0 bridgehead atoms. The highest BCUT2D eigenvalue weighted by Crippen LogP contribution is 2.27. The Morgan fingerprint density at radius 2 is 1.96 bits per heavy atom. The Labute approximate surface area is 156 Å². The van der Waals surface area contributed by atoms with Crippen LogP contribution in [-0.2, 0) is 27.1 Å². The first-order chi connectivity index (χ1) is 12.2. The van der Waals surface area contributed by atoms with Gasteiger partial charge < -0.3 is 9.47 Å². The quantitative estimate of drug-likeness (QED) is 0.655. The third-order valence-corrected chi connectivity index (χ3v) is 5.36. The highest BCUT2D eigenvalue weighted by Gasteiger charge is 2.34. The Morgan fingerprint density at radius 3 is 2.54 bits per heavy atom. The normalized spacial score (nSPS) is 23.3. The van der Waals surface area contributed by atoms with Crippen molar-refractivity contribution in [3.63, 3.8) is 0 Å². The highest BCUT2D eigenvalue weighted by atomic mass is 32.2. The first-order valence-corrected chi connectivity index (χ1v) is 9.88. The van der Waals surface area contributed by atoms with Gasteiger partial charge in [-0.15, -0.1) is 0 Å². The van der Waals surface area contributed by atoms with E-state index in [1.807, 2.05) is 30.3 Å². The Morgan fingerprint density at radius 1 is 1.27 bits per heavy atom. The molecule has 0 spiro atoms. The molecule has 1 aromatic carbocycles. The minimum atomic E-state index is -3.14. The van der Waals surface area contributed by atoms with E-state index in [1.165, 1.54) is 0 Å². The average molecular weight is 387 g/mol. The minimum Gasteiger partial charge on any atom is -0.375 e. The lowest BCUT2D eigenvalue weighted by molar-refractivity contribution is -0.109. The molecule has 2 rings (SSSR count).